The summed E-state index contributed by atoms with van der Waals surface area (Å²) < 4.78 is 14.5. The van der Waals surface area contributed by atoms with Crippen LogP contribution in [-0.4, -0.2) is 28.2 Å². The predicted octanol–water partition coefficient (Wildman–Crippen LogP) is 5.41. The molecule has 0 aromatic heterocycles. The Labute approximate surface area is 211 Å². The highest BCUT2D eigenvalue weighted by Gasteiger charge is 2.40. The van der Waals surface area contributed by atoms with Crippen LogP contribution in [-0.2, 0) is 4.79 Å². The number of halogens is 3. The first kappa shape index (κ1) is 27.6. The molecule has 1 heterocycles. The second kappa shape index (κ2) is 10.7. The van der Waals surface area contributed by atoms with Gasteiger partial charge in [-0.25, -0.2) is 9.38 Å². The fraction of sp³-hybridized carbons (Fsp3) is 0.400. The monoisotopic (exact) mass is 508 g/mol. The van der Waals surface area contributed by atoms with Gasteiger partial charge in [-0.15, -0.1) is 12.4 Å². The lowest BCUT2D eigenvalue weighted by molar-refractivity contribution is -0.131. The third-order valence-electron chi connectivity index (χ3n) is 6.39. The average molecular weight is 509 g/mol. The molecule has 0 radical (unpaired) electrons. The molecule has 9 heteroatoms. The van der Waals surface area contributed by atoms with Crippen LogP contribution in [0.2, 0.25) is 5.02 Å². The van der Waals surface area contributed by atoms with Gasteiger partial charge in [-0.1, -0.05) is 37.6 Å². The van der Waals surface area contributed by atoms with E-state index in [1.54, 1.807) is 31.2 Å². The predicted molar refractivity (Wildman–Crippen MR) is 136 cm³/mol. The number of aliphatic imine (C=N–C) groups is 1. The van der Waals surface area contributed by atoms with Gasteiger partial charge in [0.1, 0.15) is 5.82 Å². The van der Waals surface area contributed by atoms with E-state index in [9.17, 15) is 14.0 Å². The highest BCUT2D eigenvalue weighted by molar-refractivity contribution is 6.30. The minimum atomic E-state index is -0.592. The number of carbonyl (C=O) groups excluding carboxylic acids is 2. The number of carbonyl (C=O) groups is 2. The molecule has 184 valence electrons. The summed E-state index contributed by atoms with van der Waals surface area (Å²) in [6.45, 7) is 9.44. The zero-order valence-corrected chi connectivity index (χ0v) is 21.5. The van der Waals surface area contributed by atoms with Crippen LogP contribution >= 0.6 is 24.0 Å². The highest BCUT2D eigenvalue weighted by atomic mass is 35.5. The lowest BCUT2D eigenvalue weighted by Crippen LogP contribution is -2.53. The van der Waals surface area contributed by atoms with Crippen LogP contribution in [0.1, 0.15) is 74.6 Å². The lowest BCUT2D eigenvalue weighted by atomic mass is 9.84. The normalized spacial score (nSPS) is 19.8. The first-order chi connectivity index (χ1) is 15.4. The van der Waals surface area contributed by atoms with E-state index in [1.165, 1.54) is 17.0 Å². The van der Waals surface area contributed by atoms with Crippen molar-refractivity contribution in [2.45, 2.75) is 58.7 Å². The summed E-state index contributed by atoms with van der Waals surface area (Å²) in [5.74, 6) is -0.972. The number of nitrogens with two attached hydrogens (primary N) is 1. The third kappa shape index (κ3) is 5.88. The molecular weight excluding hydrogens is 478 g/mol. The molecule has 0 unspecified atom stereocenters. The molecule has 1 aliphatic rings. The van der Waals surface area contributed by atoms with Gasteiger partial charge in [-0.2, -0.15) is 0 Å². The van der Waals surface area contributed by atoms with Gasteiger partial charge in [0.05, 0.1) is 24.0 Å². The Morgan fingerprint density at radius 1 is 1.18 bits per heavy atom. The van der Waals surface area contributed by atoms with Crippen molar-refractivity contribution < 1.29 is 14.0 Å². The van der Waals surface area contributed by atoms with E-state index in [-0.39, 0.29) is 48.2 Å². The Morgan fingerprint density at radius 3 is 2.44 bits per heavy atom. The maximum atomic E-state index is 14.5. The smallest absolute Gasteiger partial charge is 0.251 e. The molecule has 3 rings (SSSR count). The number of hydrogen-bond acceptors (Lipinski definition) is 4. The van der Waals surface area contributed by atoms with Gasteiger partial charge in [0.2, 0.25) is 5.91 Å². The van der Waals surface area contributed by atoms with Crippen molar-refractivity contribution in [1.29, 1.82) is 0 Å². The molecule has 2 amide bonds. The minimum absolute atomic E-state index is 0. The Morgan fingerprint density at radius 2 is 1.85 bits per heavy atom. The summed E-state index contributed by atoms with van der Waals surface area (Å²) in [6, 6.07) is 10.3. The summed E-state index contributed by atoms with van der Waals surface area (Å²) >= 11 is 6.04. The zero-order chi connectivity index (χ0) is 24.5. The van der Waals surface area contributed by atoms with Crippen molar-refractivity contribution in [2.24, 2.45) is 16.6 Å². The van der Waals surface area contributed by atoms with E-state index in [2.05, 4.69) is 10.3 Å². The Bertz CT molecular complexity index is 1110. The summed E-state index contributed by atoms with van der Waals surface area (Å²) in [5.41, 5.74) is 7.02. The first-order valence-corrected chi connectivity index (χ1v) is 11.3. The number of benzene rings is 2. The molecule has 2 aromatic carbocycles. The number of amides is 2. The van der Waals surface area contributed by atoms with Gasteiger partial charge in [-0.05, 0) is 68.1 Å². The maximum Gasteiger partial charge on any atom is 0.251 e. The molecule has 1 aliphatic heterocycles. The van der Waals surface area contributed by atoms with E-state index < -0.39 is 23.3 Å². The van der Waals surface area contributed by atoms with E-state index in [0.29, 0.717) is 10.6 Å². The van der Waals surface area contributed by atoms with Crippen LogP contribution in [0.25, 0.3) is 0 Å². The zero-order valence-electron chi connectivity index (χ0n) is 19.9. The minimum Gasteiger partial charge on any atom is -0.369 e. The highest BCUT2D eigenvalue weighted by Crippen LogP contribution is 2.33. The van der Waals surface area contributed by atoms with Crippen LogP contribution < -0.4 is 11.1 Å². The van der Waals surface area contributed by atoms with Gasteiger partial charge in [0, 0.05) is 10.6 Å². The van der Waals surface area contributed by atoms with Crippen LogP contribution in [0.5, 0.6) is 0 Å². The van der Waals surface area contributed by atoms with Crippen molar-refractivity contribution in [3.05, 3.63) is 70.0 Å². The van der Waals surface area contributed by atoms with Gasteiger partial charge < -0.3 is 11.1 Å². The maximum absolute atomic E-state index is 14.5. The molecule has 34 heavy (non-hydrogen) atoms. The number of rotatable bonds is 6. The van der Waals surface area contributed by atoms with Gasteiger partial charge in [0.15, 0.2) is 5.96 Å². The van der Waals surface area contributed by atoms with Crippen molar-refractivity contribution in [3.8, 4) is 0 Å². The Kier molecular flexibility index (Phi) is 8.72. The molecule has 3 N–H and O–H groups in total. The average Bonchev–Trinajstić information content (AvgIpc) is 2.72. The van der Waals surface area contributed by atoms with E-state index >= 15 is 0 Å². The lowest BCUT2D eigenvalue weighted by Gasteiger charge is -2.40. The van der Waals surface area contributed by atoms with Crippen LogP contribution in [0.4, 0.5) is 4.39 Å². The van der Waals surface area contributed by atoms with Crippen molar-refractivity contribution in [1.82, 2.24) is 10.2 Å². The quantitative estimate of drug-likeness (QED) is 0.546. The molecule has 0 spiro atoms. The third-order valence-corrected chi connectivity index (χ3v) is 6.62. The molecule has 0 bridgehead atoms. The van der Waals surface area contributed by atoms with E-state index in [0.717, 1.165) is 5.56 Å². The number of nitrogens with zero attached hydrogens (tertiary/aromatic N) is 2. The molecule has 0 fully saturated rings. The molecular formula is C25H31Cl2FN4O2. The van der Waals surface area contributed by atoms with E-state index in [4.69, 9.17) is 17.3 Å². The molecule has 3 atom stereocenters. The summed E-state index contributed by atoms with van der Waals surface area (Å²) in [5, 5.41) is 3.42. The number of hydrogen-bond donors (Lipinski definition) is 2. The second-order valence-electron chi connectivity index (χ2n) is 9.12. The SMILES string of the molecule is CC(C)[C@]1(C)CC(=O)N([C@H](C)c2cc(F)cc(C(=O)N[C@@H](C)c3cccc(Cl)c3)c2)C(N)=N1.Cl. The molecule has 0 aliphatic carbocycles. The van der Waals surface area contributed by atoms with Crippen LogP contribution in [0, 0.1) is 11.7 Å². The molecule has 0 saturated heterocycles. The van der Waals surface area contributed by atoms with Crippen LogP contribution in [0.3, 0.4) is 0 Å². The van der Waals surface area contributed by atoms with Crippen molar-refractivity contribution >= 4 is 41.8 Å². The van der Waals surface area contributed by atoms with E-state index in [1.807, 2.05) is 33.8 Å². The standard InChI is InChI=1S/C25H30ClFN4O2.ClH/c1-14(2)25(5)13-22(32)31(24(28)30-25)16(4)18-9-19(12-21(27)11-18)23(33)29-15(3)17-7-6-8-20(26)10-17;/h6-12,14-16H,13H2,1-5H3,(H2,28,30)(H,29,33);1H/t15-,16+,25-;/m0./s1. The Balaban J connectivity index is 0.00000408. The fourth-order valence-corrected chi connectivity index (χ4v) is 4.09. The number of guanidine groups is 1. The largest absolute Gasteiger partial charge is 0.369 e. The summed E-state index contributed by atoms with van der Waals surface area (Å²) in [7, 11) is 0. The van der Waals surface area contributed by atoms with Crippen molar-refractivity contribution in [2.75, 3.05) is 0 Å². The fourth-order valence-electron chi connectivity index (χ4n) is 3.89. The second-order valence-corrected chi connectivity index (χ2v) is 9.56. The topological polar surface area (TPSA) is 87.8 Å². The van der Waals surface area contributed by atoms with Crippen molar-refractivity contribution in [3.63, 3.8) is 0 Å². The Hall–Kier alpha value is -2.64. The first-order valence-electron chi connectivity index (χ1n) is 11.0. The summed E-state index contributed by atoms with van der Waals surface area (Å²) in [4.78, 5) is 31.8. The van der Waals surface area contributed by atoms with Gasteiger partial charge in [-0.3, -0.25) is 14.5 Å². The summed E-state index contributed by atoms with van der Waals surface area (Å²) in [6.07, 6.45) is 0.204. The van der Waals surface area contributed by atoms with Gasteiger partial charge >= 0.3 is 0 Å². The molecule has 0 saturated carbocycles. The van der Waals surface area contributed by atoms with Crippen LogP contribution in [0.15, 0.2) is 47.5 Å². The van der Waals surface area contributed by atoms with Gasteiger partial charge in [0.25, 0.3) is 5.91 Å². The molecule has 2 aromatic rings. The number of nitrogens with one attached hydrogen (secondary N) is 1. The molecule has 6 nitrogen and oxygen atoms in total.